The summed E-state index contributed by atoms with van der Waals surface area (Å²) in [5, 5.41) is 6.39. The van der Waals surface area contributed by atoms with Crippen molar-refractivity contribution >= 4 is 17.5 Å². The van der Waals surface area contributed by atoms with Gasteiger partial charge in [-0.3, -0.25) is 14.5 Å². The lowest BCUT2D eigenvalue weighted by Gasteiger charge is -2.31. The fraction of sp³-hybridized carbons (Fsp3) is 0.400. The maximum Gasteiger partial charge on any atom is 0.257 e. The zero-order chi connectivity index (χ0) is 22.9. The third kappa shape index (κ3) is 4.43. The van der Waals surface area contributed by atoms with Crippen LogP contribution in [-0.2, 0) is 9.59 Å². The third-order valence-corrected chi connectivity index (χ3v) is 6.68. The van der Waals surface area contributed by atoms with Gasteiger partial charge in [-0.25, -0.2) is 5.01 Å². The molecule has 2 N–H and O–H groups in total. The Kier molecular flexibility index (Phi) is 5.76. The van der Waals surface area contributed by atoms with Crippen LogP contribution < -0.4 is 15.2 Å². The zero-order valence-electron chi connectivity index (χ0n) is 18.7. The van der Waals surface area contributed by atoms with E-state index in [0.717, 1.165) is 16.8 Å². The average Bonchev–Trinajstić information content (AvgIpc) is 3.47. The van der Waals surface area contributed by atoms with Gasteiger partial charge in [0.15, 0.2) is 11.5 Å². The van der Waals surface area contributed by atoms with E-state index in [9.17, 15) is 9.59 Å². The fourth-order valence-electron chi connectivity index (χ4n) is 4.68. The molecule has 2 aromatic rings. The maximum absolute atomic E-state index is 13.4. The van der Waals surface area contributed by atoms with Gasteiger partial charge in [0, 0.05) is 12.3 Å². The lowest BCUT2D eigenvalue weighted by molar-refractivity contribution is -0.134. The molecule has 33 heavy (non-hydrogen) atoms. The minimum Gasteiger partial charge on any atom is -0.454 e. The summed E-state index contributed by atoms with van der Waals surface area (Å²) < 4.78 is 11.0. The van der Waals surface area contributed by atoms with Gasteiger partial charge in [-0.1, -0.05) is 35.9 Å². The molecule has 2 aromatic carbocycles. The number of hydrogen-bond donors (Lipinski definition) is 1. The third-order valence-electron chi connectivity index (χ3n) is 6.68. The van der Waals surface area contributed by atoms with Crippen LogP contribution in [0.4, 0.5) is 0 Å². The Morgan fingerprint density at radius 2 is 1.79 bits per heavy atom. The highest BCUT2D eigenvalue weighted by Gasteiger charge is 2.35. The molecule has 172 valence electrons. The highest BCUT2D eigenvalue weighted by Crippen LogP contribution is 2.39. The SMILES string of the molecule is Cc1ccc(C2=NN(C(=O)CN3CCC(C(N)=O)CC3)[C@@H](c3ccc4c(c3)OCO4)C2)cc1. The molecule has 0 radical (unpaired) electrons. The molecule has 2 amide bonds. The highest BCUT2D eigenvalue weighted by atomic mass is 16.7. The molecule has 8 heteroatoms. The van der Waals surface area contributed by atoms with E-state index in [1.165, 1.54) is 5.56 Å². The summed E-state index contributed by atoms with van der Waals surface area (Å²) in [6.07, 6.45) is 2.00. The average molecular weight is 449 g/mol. The molecule has 0 spiro atoms. The van der Waals surface area contributed by atoms with Crippen molar-refractivity contribution in [2.24, 2.45) is 16.8 Å². The van der Waals surface area contributed by atoms with E-state index >= 15 is 0 Å². The second-order valence-electron chi connectivity index (χ2n) is 8.94. The number of primary amides is 1. The summed E-state index contributed by atoms with van der Waals surface area (Å²) in [6, 6.07) is 13.8. The number of hydrogen-bond acceptors (Lipinski definition) is 6. The number of aryl methyl sites for hydroxylation is 1. The van der Waals surface area contributed by atoms with Crippen molar-refractivity contribution in [1.29, 1.82) is 0 Å². The molecule has 3 aliphatic rings. The van der Waals surface area contributed by atoms with E-state index in [-0.39, 0.29) is 37.1 Å². The quantitative estimate of drug-likeness (QED) is 0.758. The number of amides is 2. The molecule has 0 aromatic heterocycles. The number of benzene rings is 2. The number of carbonyl (C=O) groups excluding carboxylic acids is 2. The number of nitrogens with zero attached hydrogens (tertiary/aromatic N) is 3. The molecular formula is C25H28N4O4. The Bertz CT molecular complexity index is 1090. The second kappa shape index (κ2) is 8.86. The number of fused-ring (bicyclic) bond motifs is 1. The van der Waals surface area contributed by atoms with Crippen LogP contribution in [0.2, 0.25) is 0 Å². The van der Waals surface area contributed by atoms with Crippen LogP contribution in [0.3, 0.4) is 0 Å². The summed E-state index contributed by atoms with van der Waals surface area (Å²) in [7, 11) is 0. The van der Waals surface area contributed by atoms with E-state index in [1.54, 1.807) is 5.01 Å². The van der Waals surface area contributed by atoms with E-state index < -0.39 is 0 Å². The lowest BCUT2D eigenvalue weighted by Crippen LogP contribution is -2.44. The molecule has 3 heterocycles. The monoisotopic (exact) mass is 448 g/mol. The summed E-state index contributed by atoms with van der Waals surface area (Å²) >= 11 is 0. The predicted molar refractivity (Wildman–Crippen MR) is 123 cm³/mol. The molecule has 1 fully saturated rings. The second-order valence-corrected chi connectivity index (χ2v) is 8.94. The number of piperidine rings is 1. The van der Waals surface area contributed by atoms with Crippen LogP contribution in [-0.4, -0.2) is 53.9 Å². The van der Waals surface area contributed by atoms with E-state index in [2.05, 4.69) is 17.0 Å². The number of likely N-dealkylation sites (tertiary alicyclic amines) is 1. The first-order chi connectivity index (χ1) is 16.0. The lowest BCUT2D eigenvalue weighted by atomic mass is 9.96. The van der Waals surface area contributed by atoms with Crippen molar-refractivity contribution in [2.45, 2.75) is 32.2 Å². The molecule has 0 bridgehead atoms. The number of hydrazone groups is 1. The van der Waals surface area contributed by atoms with Crippen molar-refractivity contribution in [1.82, 2.24) is 9.91 Å². The summed E-state index contributed by atoms with van der Waals surface area (Å²) in [6.45, 7) is 3.87. The molecule has 0 aliphatic carbocycles. The standard InChI is InChI=1S/C25H28N4O4/c1-16-2-4-17(5-3-16)20-13-21(19-6-7-22-23(12-19)33-15-32-22)29(27-20)24(30)14-28-10-8-18(9-11-28)25(26)31/h2-7,12,18,21H,8-11,13-15H2,1H3,(H2,26,31)/t21-/m1/s1. The fourth-order valence-corrected chi connectivity index (χ4v) is 4.68. The molecule has 8 nitrogen and oxygen atoms in total. The van der Waals surface area contributed by atoms with Gasteiger partial charge in [0.1, 0.15) is 0 Å². The van der Waals surface area contributed by atoms with Crippen molar-refractivity contribution in [2.75, 3.05) is 26.4 Å². The van der Waals surface area contributed by atoms with Crippen LogP contribution >= 0.6 is 0 Å². The van der Waals surface area contributed by atoms with Crippen LogP contribution in [0.15, 0.2) is 47.6 Å². The predicted octanol–water partition coefficient (Wildman–Crippen LogP) is 2.60. The van der Waals surface area contributed by atoms with Crippen molar-refractivity contribution < 1.29 is 19.1 Å². The Morgan fingerprint density at radius 1 is 1.06 bits per heavy atom. The minimum atomic E-state index is -0.254. The maximum atomic E-state index is 13.4. The van der Waals surface area contributed by atoms with Gasteiger partial charge < -0.3 is 15.2 Å². The Labute approximate surface area is 192 Å². The number of rotatable bonds is 5. The van der Waals surface area contributed by atoms with Crippen LogP contribution in [0.1, 0.15) is 42.0 Å². The van der Waals surface area contributed by atoms with Gasteiger partial charge in [0.2, 0.25) is 12.7 Å². The molecule has 1 atom stereocenters. The Hall–Kier alpha value is -3.39. The van der Waals surface area contributed by atoms with Gasteiger partial charge in [0.25, 0.3) is 5.91 Å². The van der Waals surface area contributed by atoms with Gasteiger partial charge in [-0.2, -0.15) is 5.10 Å². The van der Waals surface area contributed by atoms with Crippen LogP contribution in [0, 0.1) is 12.8 Å². The largest absolute Gasteiger partial charge is 0.454 e. The summed E-state index contributed by atoms with van der Waals surface area (Å²) in [5.74, 6) is 0.993. The Balaban J connectivity index is 1.37. The number of ether oxygens (including phenoxy) is 2. The van der Waals surface area contributed by atoms with Gasteiger partial charge in [0.05, 0.1) is 18.3 Å². The summed E-state index contributed by atoms with van der Waals surface area (Å²) in [4.78, 5) is 26.9. The molecule has 5 rings (SSSR count). The molecule has 0 unspecified atom stereocenters. The van der Waals surface area contributed by atoms with E-state index in [1.807, 2.05) is 37.3 Å². The molecular weight excluding hydrogens is 420 g/mol. The van der Waals surface area contributed by atoms with Gasteiger partial charge in [-0.15, -0.1) is 0 Å². The molecule has 1 saturated heterocycles. The van der Waals surface area contributed by atoms with E-state index in [0.29, 0.717) is 43.9 Å². The van der Waals surface area contributed by atoms with Gasteiger partial charge >= 0.3 is 0 Å². The minimum absolute atomic E-state index is 0.0581. The molecule has 3 aliphatic heterocycles. The highest BCUT2D eigenvalue weighted by molar-refractivity contribution is 6.03. The van der Waals surface area contributed by atoms with Gasteiger partial charge in [-0.05, 0) is 56.1 Å². The summed E-state index contributed by atoms with van der Waals surface area (Å²) in [5.41, 5.74) is 9.49. The van der Waals surface area contributed by atoms with Crippen LogP contribution in [0.25, 0.3) is 0 Å². The first kappa shape index (κ1) is 21.5. The zero-order valence-corrected chi connectivity index (χ0v) is 18.7. The first-order valence-corrected chi connectivity index (χ1v) is 11.4. The normalized spacial score (nSPS) is 20.7. The number of carbonyl (C=O) groups is 2. The smallest absolute Gasteiger partial charge is 0.257 e. The number of nitrogens with two attached hydrogens (primary N) is 1. The first-order valence-electron chi connectivity index (χ1n) is 11.4. The topological polar surface area (TPSA) is 97.5 Å². The molecule has 0 saturated carbocycles. The van der Waals surface area contributed by atoms with Crippen molar-refractivity contribution in [3.8, 4) is 11.5 Å². The van der Waals surface area contributed by atoms with Crippen LogP contribution in [0.5, 0.6) is 11.5 Å². The van der Waals surface area contributed by atoms with Crippen molar-refractivity contribution in [3.05, 3.63) is 59.2 Å². The van der Waals surface area contributed by atoms with E-state index in [4.69, 9.17) is 20.3 Å². The van der Waals surface area contributed by atoms with Crippen molar-refractivity contribution in [3.63, 3.8) is 0 Å². The Morgan fingerprint density at radius 3 is 2.52 bits per heavy atom.